The highest BCUT2D eigenvalue weighted by Gasteiger charge is 2.30. The Hall–Kier alpha value is -3.66. The van der Waals surface area contributed by atoms with E-state index in [4.69, 9.17) is 9.26 Å². The minimum absolute atomic E-state index is 0.139. The van der Waals surface area contributed by atoms with E-state index in [-0.39, 0.29) is 10.8 Å². The summed E-state index contributed by atoms with van der Waals surface area (Å²) in [5.74, 6) is 2.74. The SMILES string of the molecule is COc1ccc(C)cc1-n1c(=O)c2ccccc2n2c(SC(C)c3nc(C4CC4)no3)nnc12. The first kappa shape index (κ1) is 20.9. The maximum atomic E-state index is 13.6. The van der Waals surface area contributed by atoms with Gasteiger partial charge in [0.25, 0.3) is 5.56 Å². The number of rotatable bonds is 6. The molecule has 34 heavy (non-hydrogen) atoms. The van der Waals surface area contributed by atoms with Crippen molar-refractivity contribution in [3.05, 3.63) is 70.1 Å². The van der Waals surface area contributed by atoms with Crippen LogP contribution in [0.5, 0.6) is 5.75 Å². The van der Waals surface area contributed by atoms with Gasteiger partial charge in [0.05, 0.1) is 29.0 Å². The fraction of sp³-hybridized carbons (Fsp3) is 0.292. The molecule has 1 aliphatic carbocycles. The van der Waals surface area contributed by atoms with Crippen LogP contribution in [-0.4, -0.2) is 36.4 Å². The van der Waals surface area contributed by atoms with Crippen molar-refractivity contribution in [1.82, 2.24) is 29.3 Å². The van der Waals surface area contributed by atoms with Gasteiger partial charge in [-0.3, -0.25) is 9.20 Å². The zero-order valence-electron chi connectivity index (χ0n) is 18.9. The van der Waals surface area contributed by atoms with E-state index in [2.05, 4.69) is 20.3 Å². The predicted molar refractivity (Wildman–Crippen MR) is 128 cm³/mol. The van der Waals surface area contributed by atoms with Crippen LogP contribution in [0.15, 0.2) is 56.9 Å². The molecule has 0 spiro atoms. The molecule has 3 aromatic heterocycles. The highest BCUT2D eigenvalue weighted by molar-refractivity contribution is 7.99. The van der Waals surface area contributed by atoms with Crippen molar-refractivity contribution in [3.8, 4) is 11.4 Å². The normalized spacial score (nSPS) is 14.7. The molecule has 0 saturated heterocycles. The van der Waals surface area contributed by atoms with Gasteiger partial charge in [-0.05, 0) is 56.5 Å². The predicted octanol–water partition coefficient (Wildman–Crippen LogP) is 4.46. The number of aryl methyl sites for hydroxylation is 1. The van der Waals surface area contributed by atoms with E-state index >= 15 is 0 Å². The van der Waals surface area contributed by atoms with Gasteiger partial charge < -0.3 is 9.26 Å². The van der Waals surface area contributed by atoms with Gasteiger partial charge in [0.15, 0.2) is 11.0 Å². The Morgan fingerprint density at radius 2 is 2.00 bits per heavy atom. The summed E-state index contributed by atoms with van der Waals surface area (Å²) in [5.41, 5.74) is 2.16. The van der Waals surface area contributed by atoms with Gasteiger partial charge in [-0.25, -0.2) is 4.57 Å². The van der Waals surface area contributed by atoms with E-state index in [0.29, 0.717) is 39.6 Å². The Morgan fingerprint density at radius 3 is 2.79 bits per heavy atom. The average molecular weight is 475 g/mol. The first-order chi connectivity index (χ1) is 16.5. The molecule has 1 atom stereocenters. The van der Waals surface area contributed by atoms with Gasteiger partial charge >= 0.3 is 0 Å². The Balaban J connectivity index is 1.54. The number of thioether (sulfide) groups is 1. The standard InChI is InChI=1S/C24H22N6O3S/c1-13-8-11-19(32-3)18(12-13)29-22(31)16-6-4-5-7-17(16)30-23(29)26-27-24(30)34-14(2)21-25-20(28-33-21)15-9-10-15/h4-8,11-12,14-15H,9-10H2,1-3H3. The number of hydrogen-bond donors (Lipinski definition) is 0. The molecule has 0 aliphatic heterocycles. The highest BCUT2D eigenvalue weighted by Crippen LogP contribution is 2.40. The molecule has 1 fully saturated rings. The molecule has 1 saturated carbocycles. The molecule has 0 amide bonds. The molecule has 0 bridgehead atoms. The van der Waals surface area contributed by atoms with Gasteiger partial charge in [0.2, 0.25) is 11.7 Å². The second-order valence-electron chi connectivity index (χ2n) is 8.48. The van der Waals surface area contributed by atoms with E-state index in [9.17, 15) is 4.79 Å². The Bertz CT molecular complexity index is 1600. The minimum Gasteiger partial charge on any atom is -0.495 e. The molecule has 1 unspecified atom stereocenters. The third kappa shape index (κ3) is 3.37. The zero-order valence-corrected chi connectivity index (χ0v) is 19.7. The van der Waals surface area contributed by atoms with Gasteiger partial charge in [0.1, 0.15) is 5.75 Å². The summed E-state index contributed by atoms with van der Waals surface area (Å²) in [6.45, 7) is 3.97. The van der Waals surface area contributed by atoms with Crippen LogP contribution in [0.2, 0.25) is 0 Å². The van der Waals surface area contributed by atoms with Crippen molar-refractivity contribution >= 4 is 28.4 Å². The maximum absolute atomic E-state index is 13.6. The maximum Gasteiger partial charge on any atom is 0.267 e. The third-order valence-electron chi connectivity index (χ3n) is 6.00. The number of methoxy groups -OCH3 is 1. The van der Waals surface area contributed by atoms with Crippen molar-refractivity contribution in [2.45, 2.75) is 43.0 Å². The number of hydrogen-bond acceptors (Lipinski definition) is 8. The highest BCUT2D eigenvalue weighted by atomic mass is 32.2. The summed E-state index contributed by atoms with van der Waals surface area (Å²) in [4.78, 5) is 18.2. The molecular formula is C24H22N6O3S. The van der Waals surface area contributed by atoms with Gasteiger partial charge in [-0.15, -0.1) is 10.2 Å². The number of aromatic nitrogens is 6. The van der Waals surface area contributed by atoms with Crippen molar-refractivity contribution < 1.29 is 9.26 Å². The molecule has 2 aromatic carbocycles. The van der Waals surface area contributed by atoms with Crippen LogP contribution < -0.4 is 10.3 Å². The fourth-order valence-electron chi connectivity index (χ4n) is 4.08. The van der Waals surface area contributed by atoms with Gasteiger partial charge in [-0.2, -0.15) is 4.98 Å². The lowest BCUT2D eigenvalue weighted by Crippen LogP contribution is -2.22. The van der Waals surface area contributed by atoms with Crippen molar-refractivity contribution in [2.24, 2.45) is 0 Å². The second-order valence-corrected chi connectivity index (χ2v) is 9.78. The number of ether oxygens (including phenoxy) is 1. The van der Waals surface area contributed by atoms with Crippen LogP contribution in [0.1, 0.15) is 48.2 Å². The lowest BCUT2D eigenvalue weighted by Gasteiger charge is -2.15. The molecule has 10 heteroatoms. The van der Waals surface area contributed by atoms with Crippen molar-refractivity contribution in [2.75, 3.05) is 7.11 Å². The largest absolute Gasteiger partial charge is 0.495 e. The molecule has 3 heterocycles. The van der Waals surface area contributed by atoms with E-state index in [1.165, 1.54) is 11.8 Å². The van der Waals surface area contributed by atoms with Gasteiger partial charge in [-0.1, -0.05) is 35.1 Å². The molecule has 0 radical (unpaired) electrons. The summed E-state index contributed by atoms with van der Waals surface area (Å²) in [5, 5.41) is 14.1. The molecular weight excluding hydrogens is 452 g/mol. The number of benzene rings is 2. The molecule has 5 aromatic rings. The molecule has 9 nitrogen and oxygen atoms in total. The van der Waals surface area contributed by atoms with Crippen LogP contribution in [0.3, 0.4) is 0 Å². The summed E-state index contributed by atoms with van der Waals surface area (Å²) < 4.78 is 14.6. The van der Waals surface area contributed by atoms with Gasteiger partial charge in [0, 0.05) is 5.92 Å². The van der Waals surface area contributed by atoms with Crippen LogP contribution in [0.4, 0.5) is 0 Å². The summed E-state index contributed by atoms with van der Waals surface area (Å²) >= 11 is 1.46. The number of para-hydroxylation sites is 1. The summed E-state index contributed by atoms with van der Waals surface area (Å²) in [7, 11) is 1.59. The number of fused-ring (bicyclic) bond motifs is 3. The lowest BCUT2D eigenvalue weighted by atomic mass is 10.2. The van der Waals surface area contributed by atoms with Crippen LogP contribution in [0, 0.1) is 6.92 Å². The molecule has 0 N–H and O–H groups in total. The molecule has 6 rings (SSSR count). The van der Waals surface area contributed by atoms with E-state index in [1.807, 2.05) is 60.7 Å². The molecule has 1 aliphatic rings. The smallest absolute Gasteiger partial charge is 0.267 e. The third-order valence-corrected chi connectivity index (χ3v) is 7.03. The first-order valence-electron chi connectivity index (χ1n) is 11.1. The monoisotopic (exact) mass is 474 g/mol. The quantitative estimate of drug-likeness (QED) is 0.333. The number of nitrogens with zero attached hydrogens (tertiary/aromatic N) is 6. The van der Waals surface area contributed by atoms with Crippen LogP contribution in [0.25, 0.3) is 22.4 Å². The second kappa shape index (κ2) is 7.98. The first-order valence-corrected chi connectivity index (χ1v) is 12.0. The molecule has 172 valence electrons. The Morgan fingerprint density at radius 1 is 1.18 bits per heavy atom. The Labute approximate surface area is 198 Å². The van der Waals surface area contributed by atoms with Crippen LogP contribution in [-0.2, 0) is 0 Å². The zero-order chi connectivity index (χ0) is 23.4. The fourth-order valence-corrected chi connectivity index (χ4v) is 4.96. The van der Waals surface area contributed by atoms with E-state index in [1.54, 1.807) is 11.7 Å². The van der Waals surface area contributed by atoms with E-state index in [0.717, 1.165) is 29.7 Å². The minimum atomic E-state index is -0.185. The average Bonchev–Trinajstić information content (AvgIpc) is 3.43. The van der Waals surface area contributed by atoms with Crippen molar-refractivity contribution in [3.63, 3.8) is 0 Å². The van der Waals surface area contributed by atoms with Crippen molar-refractivity contribution in [1.29, 1.82) is 0 Å². The summed E-state index contributed by atoms with van der Waals surface area (Å²) in [6, 6.07) is 13.2. The Kier molecular flexibility index (Phi) is 4.91. The van der Waals surface area contributed by atoms with E-state index < -0.39 is 0 Å². The lowest BCUT2D eigenvalue weighted by molar-refractivity contribution is 0.374. The summed E-state index contributed by atoms with van der Waals surface area (Å²) in [6.07, 6.45) is 2.22. The van der Waals surface area contributed by atoms with Crippen LogP contribution >= 0.6 is 11.8 Å². The topological polar surface area (TPSA) is 100 Å².